The summed E-state index contributed by atoms with van der Waals surface area (Å²) in [6, 6.07) is 1.53. The summed E-state index contributed by atoms with van der Waals surface area (Å²) in [6.07, 6.45) is 2.43. The fourth-order valence-corrected chi connectivity index (χ4v) is 2.56. The molecule has 1 saturated heterocycles. The molecule has 0 unspecified atom stereocenters. The van der Waals surface area contributed by atoms with E-state index in [0.29, 0.717) is 25.3 Å². The lowest BCUT2D eigenvalue weighted by Gasteiger charge is -2.40. The number of carbonyl (C=O) groups is 1. The first-order chi connectivity index (χ1) is 10.7. The molecule has 0 aliphatic carbocycles. The first-order valence-electron chi connectivity index (χ1n) is 7.52. The van der Waals surface area contributed by atoms with E-state index in [2.05, 4.69) is 4.98 Å². The Bertz CT molecular complexity index is 599. The number of aromatic nitrogens is 1. The molecule has 0 bridgehead atoms. The number of anilines is 1. The van der Waals surface area contributed by atoms with E-state index < -0.39 is 10.5 Å². The Morgan fingerprint density at radius 2 is 2.13 bits per heavy atom. The fraction of sp³-hybridized carbons (Fsp3) is 0.600. The van der Waals surface area contributed by atoms with Crippen LogP contribution in [0.1, 0.15) is 27.7 Å². The van der Waals surface area contributed by atoms with E-state index in [0.717, 1.165) is 0 Å². The monoisotopic (exact) mass is 322 g/mol. The third kappa shape index (κ3) is 4.08. The van der Waals surface area contributed by atoms with Gasteiger partial charge in [0.15, 0.2) is 0 Å². The van der Waals surface area contributed by atoms with Crippen molar-refractivity contribution in [2.75, 3.05) is 24.5 Å². The van der Waals surface area contributed by atoms with Crippen molar-refractivity contribution < 1.29 is 14.5 Å². The van der Waals surface area contributed by atoms with Crippen LogP contribution in [0.25, 0.3) is 0 Å². The van der Waals surface area contributed by atoms with Crippen molar-refractivity contribution >= 4 is 17.5 Å². The molecule has 8 heteroatoms. The molecular formula is C15H22N4O4. The molecular weight excluding hydrogens is 300 g/mol. The predicted molar refractivity (Wildman–Crippen MR) is 85.5 cm³/mol. The standard InChI is InChI=1S/C15H22N4O4/c1-11-10-17(12-5-6-16-9-13(12)19(21)22)7-8-18(11)14(20)23-15(2,3)4/h5-6,9,11H,7-8,10H2,1-4H3/t11-/m0/s1. The summed E-state index contributed by atoms with van der Waals surface area (Å²) in [5.41, 5.74) is -0.0382. The molecule has 2 rings (SSSR count). The molecule has 126 valence electrons. The number of amides is 1. The van der Waals surface area contributed by atoms with Crippen molar-refractivity contribution in [2.45, 2.75) is 39.3 Å². The number of nitro groups is 1. The summed E-state index contributed by atoms with van der Waals surface area (Å²) < 4.78 is 5.40. The quantitative estimate of drug-likeness (QED) is 0.614. The highest BCUT2D eigenvalue weighted by molar-refractivity contribution is 5.70. The topological polar surface area (TPSA) is 88.8 Å². The van der Waals surface area contributed by atoms with Gasteiger partial charge in [-0.15, -0.1) is 0 Å². The van der Waals surface area contributed by atoms with Crippen molar-refractivity contribution in [3.8, 4) is 0 Å². The second kappa shape index (κ2) is 6.39. The van der Waals surface area contributed by atoms with Crippen molar-refractivity contribution in [1.29, 1.82) is 0 Å². The van der Waals surface area contributed by atoms with E-state index in [1.807, 2.05) is 32.6 Å². The maximum Gasteiger partial charge on any atom is 0.410 e. The Kier molecular flexibility index (Phi) is 4.72. The van der Waals surface area contributed by atoms with Crippen LogP contribution in [-0.4, -0.2) is 52.2 Å². The highest BCUT2D eigenvalue weighted by Gasteiger charge is 2.32. The largest absolute Gasteiger partial charge is 0.444 e. The van der Waals surface area contributed by atoms with E-state index in [1.165, 1.54) is 12.4 Å². The highest BCUT2D eigenvalue weighted by Crippen LogP contribution is 2.28. The van der Waals surface area contributed by atoms with Gasteiger partial charge in [0.05, 0.1) is 4.92 Å². The lowest BCUT2D eigenvalue weighted by Crippen LogP contribution is -2.55. The summed E-state index contributed by atoms with van der Waals surface area (Å²) in [5.74, 6) is 0. The third-order valence-corrected chi connectivity index (χ3v) is 3.57. The lowest BCUT2D eigenvalue weighted by atomic mass is 10.1. The summed E-state index contributed by atoms with van der Waals surface area (Å²) in [7, 11) is 0. The predicted octanol–water partition coefficient (Wildman–Crippen LogP) is 2.44. The minimum absolute atomic E-state index is 0.0228. The smallest absolute Gasteiger partial charge is 0.410 e. The van der Waals surface area contributed by atoms with Crippen molar-refractivity contribution in [3.05, 3.63) is 28.6 Å². The van der Waals surface area contributed by atoms with Gasteiger partial charge in [0.2, 0.25) is 0 Å². The van der Waals surface area contributed by atoms with Crippen LogP contribution in [0.2, 0.25) is 0 Å². The number of rotatable bonds is 2. The second-order valence-corrected chi connectivity index (χ2v) is 6.59. The maximum atomic E-state index is 12.2. The summed E-state index contributed by atoms with van der Waals surface area (Å²) >= 11 is 0. The minimum Gasteiger partial charge on any atom is -0.444 e. The molecule has 0 spiro atoms. The molecule has 1 fully saturated rings. The fourth-order valence-electron chi connectivity index (χ4n) is 2.56. The van der Waals surface area contributed by atoms with Crippen molar-refractivity contribution in [3.63, 3.8) is 0 Å². The molecule has 2 heterocycles. The summed E-state index contributed by atoms with van der Waals surface area (Å²) in [6.45, 7) is 8.85. The zero-order valence-corrected chi connectivity index (χ0v) is 13.9. The molecule has 23 heavy (non-hydrogen) atoms. The van der Waals surface area contributed by atoms with Gasteiger partial charge in [0, 0.05) is 31.9 Å². The molecule has 1 amide bonds. The van der Waals surface area contributed by atoms with Crippen molar-refractivity contribution in [1.82, 2.24) is 9.88 Å². The van der Waals surface area contributed by atoms with Gasteiger partial charge in [0.1, 0.15) is 17.5 Å². The average Bonchev–Trinajstić information content (AvgIpc) is 2.45. The van der Waals surface area contributed by atoms with Crippen LogP contribution in [0.5, 0.6) is 0 Å². The molecule has 0 aromatic carbocycles. The first kappa shape index (κ1) is 17.0. The third-order valence-electron chi connectivity index (χ3n) is 3.57. The van der Waals surface area contributed by atoms with Crippen LogP contribution in [0.4, 0.5) is 16.2 Å². The number of hydrogen-bond donors (Lipinski definition) is 0. The van der Waals surface area contributed by atoms with E-state index in [9.17, 15) is 14.9 Å². The van der Waals surface area contributed by atoms with Crippen LogP contribution >= 0.6 is 0 Å². The minimum atomic E-state index is -0.544. The zero-order valence-electron chi connectivity index (χ0n) is 13.9. The van der Waals surface area contributed by atoms with Gasteiger partial charge in [-0.25, -0.2) is 4.79 Å². The summed E-state index contributed by atoms with van der Waals surface area (Å²) in [4.78, 5) is 30.3. The Morgan fingerprint density at radius 3 is 2.70 bits per heavy atom. The maximum absolute atomic E-state index is 12.2. The molecule has 0 N–H and O–H groups in total. The molecule has 0 saturated carbocycles. The molecule has 1 aromatic heterocycles. The van der Waals surface area contributed by atoms with Gasteiger partial charge < -0.3 is 14.5 Å². The molecule has 1 atom stereocenters. The number of pyridine rings is 1. The van der Waals surface area contributed by atoms with Crippen LogP contribution in [0, 0.1) is 10.1 Å². The number of piperazine rings is 1. The average molecular weight is 322 g/mol. The molecule has 1 aliphatic rings. The van der Waals surface area contributed by atoms with Crippen LogP contribution in [-0.2, 0) is 4.74 Å². The second-order valence-electron chi connectivity index (χ2n) is 6.59. The van der Waals surface area contributed by atoms with Gasteiger partial charge >= 0.3 is 11.8 Å². The Morgan fingerprint density at radius 1 is 1.43 bits per heavy atom. The van der Waals surface area contributed by atoms with E-state index in [4.69, 9.17) is 4.74 Å². The highest BCUT2D eigenvalue weighted by atomic mass is 16.6. The Labute approximate surface area is 135 Å². The normalized spacial score (nSPS) is 18.7. The molecule has 0 radical (unpaired) electrons. The number of ether oxygens (including phenoxy) is 1. The Hall–Kier alpha value is -2.38. The SMILES string of the molecule is C[C@H]1CN(c2ccncc2[N+](=O)[O-])CCN1C(=O)OC(C)(C)C. The zero-order chi connectivity index (χ0) is 17.2. The van der Waals surface area contributed by atoms with Gasteiger partial charge in [-0.1, -0.05) is 0 Å². The number of nitrogens with zero attached hydrogens (tertiary/aromatic N) is 4. The number of hydrogen-bond acceptors (Lipinski definition) is 6. The number of carbonyl (C=O) groups excluding carboxylic acids is 1. The van der Waals surface area contributed by atoms with Crippen LogP contribution in [0.15, 0.2) is 18.5 Å². The molecule has 1 aliphatic heterocycles. The van der Waals surface area contributed by atoms with Gasteiger partial charge in [0.25, 0.3) is 0 Å². The van der Waals surface area contributed by atoms with Gasteiger partial charge in [-0.3, -0.25) is 15.1 Å². The van der Waals surface area contributed by atoms with Gasteiger partial charge in [-0.2, -0.15) is 0 Å². The molecule has 8 nitrogen and oxygen atoms in total. The van der Waals surface area contributed by atoms with Crippen LogP contribution < -0.4 is 4.90 Å². The van der Waals surface area contributed by atoms with Crippen LogP contribution in [0.3, 0.4) is 0 Å². The van der Waals surface area contributed by atoms with E-state index in [-0.39, 0.29) is 17.8 Å². The van der Waals surface area contributed by atoms with Crippen molar-refractivity contribution in [2.24, 2.45) is 0 Å². The summed E-state index contributed by atoms with van der Waals surface area (Å²) in [5, 5.41) is 11.1. The first-order valence-corrected chi connectivity index (χ1v) is 7.52. The molecule has 1 aromatic rings. The van der Waals surface area contributed by atoms with E-state index in [1.54, 1.807) is 11.0 Å². The van der Waals surface area contributed by atoms with E-state index >= 15 is 0 Å². The Balaban J connectivity index is 2.10. The van der Waals surface area contributed by atoms with Gasteiger partial charge in [-0.05, 0) is 33.8 Å². The lowest BCUT2D eigenvalue weighted by molar-refractivity contribution is -0.384.